The van der Waals surface area contributed by atoms with Gasteiger partial charge in [0, 0.05) is 56.3 Å². The standard InChI is InChI=1S/C32H18O3S/c1-21(33)36-26-15-11-23(12-16-26)8-10-25-14-18-28-30(20-25)32(35)27-17-13-24(19-29(27)31(28)34)9-7-22-5-3-2-4-6-22/h2-6,11-20H,1H3. The SMILES string of the molecule is CC(=O)Sc1ccc(C#Cc2ccc3c(c2)C(=O)c2ccc(C#Cc4ccccc4)cc2C3=O)cc1. The Morgan fingerprint density at radius 2 is 1.00 bits per heavy atom. The second-order valence-electron chi connectivity index (χ2n) is 8.16. The van der Waals surface area contributed by atoms with Gasteiger partial charge in [0.15, 0.2) is 16.7 Å². The van der Waals surface area contributed by atoms with Crippen LogP contribution in [0.25, 0.3) is 0 Å². The van der Waals surface area contributed by atoms with Gasteiger partial charge in [0.1, 0.15) is 0 Å². The quantitative estimate of drug-likeness (QED) is 0.221. The number of thioether (sulfide) groups is 1. The minimum absolute atomic E-state index is 0.0278. The van der Waals surface area contributed by atoms with Gasteiger partial charge in [-0.2, -0.15) is 0 Å². The van der Waals surface area contributed by atoms with Crippen LogP contribution in [0, 0.1) is 23.7 Å². The van der Waals surface area contributed by atoms with Gasteiger partial charge in [-0.1, -0.05) is 53.6 Å². The van der Waals surface area contributed by atoms with Crippen molar-refractivity contribution in [1.29, 1.82) is 0 Å². The summed E-state index contributed by atoms with van der Waals surface area (Å²) in [6.07, 6.45) is 0. The van der Waals surface area contributed by atoms with Crippen LogP contribution in [0.2, 0.25) is 0 Å². The molecule has 0 atom stereocenters. The number of hydrogen-bond donors (Lipinski definition) is 0. The number of carbonyl (C=O) groups excluding carboxylic acids is 3. The number of ketones is 2. The van der Waals surface area contributed by atoms with Crippen LogP contribution >= 0.6 is 11.8 Å². The molecule has 3 nitrogen and oxygen atoms in total. The number of rotatable bonds is 1. The highest BCUT2D eigenvalue weighted by Crippen LogP contribution is 2.28. The van der Waals surface area contributed by atoms with E-state index < -0.39 is 0 Å². The predicted octanol–water partition coefficient (Wildman–Crippen LogP) is 5.90. The van der Waals surface area contributed by atoms with Gasteiger partial charge in [-0.05, 0) is 72.8 Å². The molecule has 36 heavy (non-hydrogen) atoms. The Morgan fingerprint density at radius 3 is 1.50 bits per heavy atom. The van der Waals surface area contributed by atoms with Gasteiger partial charge >= 0.3 is 0 Å². The molecule has 0 saturated carbocycles. The third-order valence-electron chi connectivity index (χ3n) is 5.61. The molecular formula is C32H18O3S. The van der Waals surface area contributed by atoms with Crippen molar-refractivity contribution in [3.8, 4) is 23.7 Å². The van der Waals surface area contributed by atoms with Crippen molar-refractivity contribution in [2.45, 2.75) is 11.8 Å². The van der Waals surface area contributed by atoms with Gasteiger partial charge in [-0.25, -0.2) is 0 Å². The van der Waals surface area contributed by atoms with E-state index in [1.165, 1.54) is 18.7 Å². The van der Waals surface area contributed by atoms with Crippen molar-refractivity contribution in [1.82, 2.24) is 0 Å². The van der Waals surface area contributed by atoms with Crippen LogP contribution < -0.4 is 0 Å². The second-order valence-corrected chi connectivity index (χ2v) is 9.41. The maximum absolute atomic E-state index is 13.2. The molecule has 0 bridgehead atoms. The first-order valence-electron chi connectivity index (χ1n) is 11.2. The van der Waals surface area contributed by atoms with Gasteiger partial charge in [-0.15, -0.1) is 0 Å². The lowest BCUT2D eigenvalue weighted by molar-refractivity contribution is -0.109. The largest absolute Gasteiger partial charge is 0.289 e. The van der Waals surface area contributed by atoms with Crippen molar-refractivity contribution in [2.75, 3.05) is 0 Å². The van der Waals surface area contributed by atoms with Crippen molar-refractivity contribution in [3.63, 3.8) is 0 Å². The fourth-order valence-electron chi connectivity index (χ4n) is 3.89. The molecule has 0 aromatic heterocycles. The minimum Gasteiger partial charge on any atom is -0.289 e. The molecule has 0 amide bonds. The molecular weight excluding hydrogens is 464 g/mol. The highest BCUT2D eigenvalue weighted by Gasteiger charge is 2.29. The summed E-state index contributed by atoms with van der Waals surface area (Å²) in [5.41, 5.74) is 4.46. The Balaban J connectivity index is 1.41. The molecule has 170 valence electrons. The van der Waals surface area contributed by atoms with E-state index in [0.717, 1.165) is 16.0 Å². The molecule has 0 N–H and O–H groups in total. The van der Waals surface area contributed by atoms with Crippen molar-refractivity contribution < 1.29 is 14.4 Å². The fourth-order valence-corrected chi connectivity index (χ4v) is 4.49. The highest BCUT2D eigenvalue weighted by molar-refractivity contribution is 8.13. The van der Waals surface area contributed by atoms with E-state index in [4.69, 9.17) is 0 Å². The van der Waals surface area contributed by atoms with Crippen molar-refractivity contribution in [3.05, 3.63) is 136 Å². The zero-order chi connectivity index (χ0) is 25.1. The molecule has 1 aliphatic rings. The van der Waals surface area contributed by atoms with E-state index in [0.29, 0.717) is 33.4 Å². The van der Waals surface area contributed by atoms with Gasteiger partial charge in [0.2, 0.25) is 0 Å². The minimum atomic E-state index is -0.198. The van der Waals surface area contributed by atoms with Crippen LogP contribution in [0.5, 0.6) is 0 Å². The highest BCUT2D eigenvalue weighted by atomic mass is 32.2. The molecule has 4 aromatic carbocycles. The van der Waals surface area contributed by atoms with Crippen LogP contribution in [-0.2, 0) is 4.79 Å². The Bertz CT molecular complexity index is 1660. The van der Waals surface area contributed by atoms with Gasteiger partial charge in [-0.3, -0.25) is 14.4 Å². The van der Waals surface area contributed by atoms with Crippen LogP contribution in [0.4, 0.5) is 0 Å². The number of hydrogen-bond acceptors (Lipinski definition) is 4. The summed E-state index contributed by atoms with van der Waals surface area (Å²) in [7, 11) is 0. The van der Waals surface area contributed by atoms with Crippen LogP contribution in [0.1, 0.15) is 61.0 Å². The lowest BCUT2D eigenvalue weighted by Gasteiger charge is -2.17. The monoisotopic (exact) mass is 482 g/mol. The van der Waals surface area contributed by atoms with E-state index >= 15 is 0 Å². The molecule has 0 unspecified atom stereocenters. The normalized spacial score (nSPS) is 11.4. The van der Waals surface area contributed by atoms with E-state index in [-0.39, 0.29) is 16.7 Å². The lowest BCUT2D eigenvalue weighted by Crippen LogP contribution is -2.21. The molecule has 0 spiro atoms. The first-order chi connectivity index (χ1) is 17.5. The van der Waals surface area contributed by atoms with Crippen molar-refractivity contribution in [2.24, 2.45) is 0 Å². The smallest absolute Gasteiger partial charge is 0.194 e. The lowest BCUT2D eigenvalue weighted by atomic mass is 9.82. The molecule has 0 aliphatic heterocycles. The van der Waals surface area contributed by atoms with E-state index in [9.17, 15) is 14.4 Å². The van der Waals surface area contributed by atoms with Gasteiger partial charge in [0.25, 0.3) is 0 Å². The van der Waals surface area contributed by atoms with Crippen LogP contribution in [-0.4, -0.2) is 16.7 Å². The molecule has 4 aromatic rings. The summed E-state index contributed by atoms with van der Waals surface area (Å²) in [4.78, 5) is 38.5. The molecule has 0 saturated heterocycles. The van der Waals surface area contributed by atoms with E-state index in [2.05, 4.69) is 23.7 Å². The summed E-state index contributed by atoms with van der Waals surface area (Å²) in [6.45, 7) is 1.53. The molecule has 5 rings (SSSR count). The Labute approximate surface area is 213 Å². The molecule has 0 fully saturated rings. The molecule has 1 aliphatic carbocycles. The Morgan fingerprint density at radius 1 is 0.556 bits per heavy atom. The average molecular weight is 483 g/mol. The first kappa shape index (κ1) is 23.1. The Kier molecular flexibility index (Phi) is 6.37. The van der Waals surface area contributed by atoms with Gasteiger partial charge in [0.05, 0.1) is 0 Å². The third-order valence-corrected chi connectivity index (χ3v) is 6.41. The summed E-state index contributed by atoms with van der Waals surface area (Å²) < 4.78 is 0. The zero-order valence-corrected chi connectivity index (χ0v) is 20.1. The predicted molar refractivity (Wildman–Crippen MR) is 141 cm³/mol. The zero-order valence-electron chi connectivity index (χ0n) is 19.3. The fraction of sp³-hybridized carbons (Fsp3) is 0.0312. The molecule has 0 radical (unpaired) electrons. The summed E-state index contributed by atoms with van der Waals surface area (Å²) in [6, 6.07) is 27.2. The third kappa shape index (κ3) is 4.91. The van der Waals surface area contributed by atoms with Crippen molar-refractivity contribution >= 4 is 28.4 Å². The summed E-state index contributed by atoms with van der Waals surface area (Å²) >= 11 is 1.17. The number of carbonyl (C=O) groups is 3. The second kappa shape index (κ2) is 9.92. The topological polar surface area (TPSA) is 51.2 Å². The van der Waals surface area contributed by atoms with Crippen LogP contribution in [0.15, 0.2) is 95.9 Å². The maximum Gasteiger partial charge on any atom is 0.194 e. The molecule has 0 heterocycles. The number of benzene rings is 4. The van der Waals surface area contributed by atoms with E-state index in [1.807, 2.05) is 54.6 Å². The molecule has 4 heteroatoms. The summed E-state index contributed by atoms with van der Waals surface area (Å²) in [5, 5.41) is 0.0278. The maximum atomic E-state index is 13.2. The first-order valence-corrected chi connectivity index (χ1v) is 12.0. The van der Waals surface area contributed by atoms with E-state index in [1.54, 1.807) is 36.4 Å². The van der Waals surface area contributed by atoms with Crippen LogP contribution in [0.3, 0.4) is 0 Å². The Hall–Kier alpha value is -4.64. The van der Waals surface area contributed by atoms with Gasteiger partial charge < -0.3 is 0 Å². The number of fused-ring (bicyclic) bond motifs is 2. The summed E-state index contributed by atoms with van der Waals surface area (Å²) in [5.74, 6) is 11.9. The average Bonchev–Trinajstić information content (AvgIpc) is 2.90.